The van der Waals surface area contributed by atoms with E-state index >= 15 is 0 Å². The third-order valence-electron chi connectivity index (χ3n) is 11.3. The first-order valence-corrected chi connectivity index (χ1v) is 24.0. The number of methoxy groups -OCH3 is 2. The highest BCUT2D eigenvalue weighted by Crippen LogP contribution is 2.41. The zero-order valence-electron chi connectivity index (χ0n) is 38.2. The third kappa shape index (κ3) is 14.1. The second-order valence-corrected chi connectivity index (χ2v) is 18.3. The second-order valence-electron chi connectivity index (χ2n) is 16.0. The molecule has 6 aromatic rings. The van der Waals surface area contributed by atoms with Crippen molar-refractivity contribution < 1.29 is 45.3 Å². The Morgan fingerprint density at radius 1 is 0.681 bits per heavy atom. The summed E-state index contributed by atoms with van der Waals surface area (Å²) in [6.07, 6.45) is 11.8. The number of aromatic nitrogens is 6. The quantitative estimate of drug-likeness (QED) is 0.0513. The van der Waals surface area contributed by atoms with E-state index in [0.717, 1.165) is 65.1 Å². The van der Waals surface area contributed by atoms with Gasteiger partial charge in [-0.3, -0.25) is 0 Å². The number of allylic oxidation sites excluding steroid dienone is 4. The number of rotatable bonds is 12. The Hall–Kier alpha value is -5.92. The minimum absolute atomic E-state index is 0.0517. The van der Waals surface area contributed by atoms with E-state index in [-0.39, 0.29) is 28.7 Å². The predicted octanol–water partition coefficient (Wildman–Crippen LogP) is 9.60. The van der Waals surface area contributed by atoms with Gasteiger partial charge in [-0.05, 0) is 80.9 Å². The van der Waals surface area contributed by atoms with E-state index in [9.17, 15) is 21.6 Å². The van der Waals surface area contributed by atoms with E-state index in [0.29, 0.717) is 47.9 Å². The van der Waals surface area contributed by atoms with Crippen LogP contribution < -0.4 is 14.9 Å². The molecule has 2 unspecified atom stereocenters. The minimum atomic E-state index is -5.66. The van der Waals surface area contributed by atoms with Crippen molar-refractivity contribution in [3.05, 3.63) is 176 Å². The molecule has 2 atom stereocenters. The molecule has 0 radical (unpaired) electrons. The molecule has 4 aromatic heterocycles. The molecule has 0 aliphatic heterocycles. The molecular weight excluding hydrogens is 955 g/mol. The Bertz CT molecular complexity index is 2870. The largest absolute Gasteiger partial charge is 0.534 e. The fourth-order valence-electron chi connectivity index (χ4n) is 7.99. The normalized spacial score (nSPS) is 15.8. The lowest BCUT2D eigenvalue weighted by molar-refractivity contribution is -0.0524. The predicted molar refractivity (Wildman–Crippen MR) is 259 cm³/mol. The van der Waals surface area contributed by atoms with Gasteiger partial charge in [0.1, 0.15) is 27.7 Å². The van der Waals surface area contributed by atoms with E-state index in [1.165, 1.54) is 36.6 Å². The topological polar surface area (TPSA) is 180 Å². The van der Waals surface area contributed by atoms with Gasteiger partial charge in [-0.15, -0.1) is 0 Å². The average molecular weight is 1010 g/mol. The van der Waals surface area contributed by atoms with Gasteiger partial charge in [0.15, 0.2) is 0 Å². The number of halogens is 5. The molecule has 2 aliphatic rings. The SMILES string of the molecule is COc1nc(C)nc(C2CC=C(OS(=O)(=O)C(F)(F)F)CC2)c1Cc1ccccc1.COc1nc(C)nc(C2CC=C(c3cccnc3Cl)CC2)c1Cc1ccccc1.OB(O)c1cccnc1Cl. The molecule has 8 rings (SSSR count). The molecule has 0 saturated heterocycles. The van der Waals surface area contributed by atoms with Gasteiger partial charge in [0, 0.05) is 65.6 Å². The van der Waals surface area contributed by atoms with Crippen LogP contribution in [0, 0.1) is 13.8 Å². The van der Waals surface area contributed by atoms with Crippen molar-refractivity contribution in [3.63, 3.8) is 0 Å². The molecule has 0 saturated carbocycles. The van der Waals surface area contributed by atoms with E-state index in [1.807, 2.05) is 55.5 Å². The Labute approximate surface area is 409 Å². The number of benzene rings is 2. The number of pyridine rings is 2. The van der Waals surface area contributed by atoms with Gasteiger partial charge in [0.05, 0.1) is 25.6 Å². The monoisotopic (exact) mass is 1000 g/mol. The van der Waals surface area contributed by atoms with Crippen molar-refractivity contribution >= 4 is 51.5 Å². The number of alkyl halides is 3. The fourth-order valence-corrected chi connectivity index (χ4v) is 8.98. The third-order valence-corrected chi connectivity index (χ3v) is 12.9. The maximum absolute atomic E-state index is 12.5. The second kappa shape index (κ2) is 24.1. The molecule has 0 bridgehead atoms. The zero-order chi connectivity index (χ0) is 49.7. The van der Waals surface area contributed by atoms with Gasteiger partial charge in [-0.25, -0.2) is 19.9 Å². The highest BCUT2D eigenvalue weighted by Gasteiger charge is 2.49. The van der Waals surface area contributed by atoms with Crippen molar-refractivity contribution in [1.29, 1.82) is 0 Å². The molecule has 13 nitrogen and oxygen atoms in total. The lowest BCUT2D eigenvalue weighted by atomic mass is 9.82. The molecule has 2 N–H and O–H groups in total. The van der Waals surface area contributed by atoms with Crippen LogP contribution in [0.1, 0.15) is 101 Å². The highest BCUT2D eigenvalue weighted by atomic mass is 35.5. The van der Waals surface area contributed by atoms with Gasteiger partial charge in [0.25, 0.3) is 0 Å². The standard InChI is InChI=1S/C24H24ClN3O.C20H21F3N2O4S.C5H5BClNO2/c1-16-27-22(21(24(28-16)29-2)15-17-7-4-3-5-8-17)19-12-10-18(11-13-19)20-9-6-14-26-23(20)25;1-13-24-18(17(19(25-13)28-2)12-14-6-4-3-5-7-14)15-8-10-16(11-9-15)29-30(26,27)20(21,22)23;7-5-4(6(9)10)2-1-3-8-5/h3-10,14,19H,11-13,15H2,1-2H3;3-7,10,15H,8-9,11-12H2,1-2H3;1-3,9-10H. The first-order chi connectivity index (χ1) is 33.0. The van der Waals surface area contributed by atoms with Gasteiger partial charge in [0.2, 0.25) is 11.8 Å². The number of hydrogen-bond donors (Lipinski definition) is 2. The smallest absolute Gasteiger partial charge is 0.481 e. The fraction of sp³-hybridized carbons (Fsp3) is 0.306. The summed E-state index contributed by atoms with van der Waals surface area (Å²) in [7, 11) is -3.99. The molecule has 0 fully saturated rings. The first-order valence-electron chi connectivity index (χ1n) is 21.8. The van der Waals surface area contributed by atoms with Gasteiger partial charge >= 0.3 is 22.7 Å². The van der Waals surface area contributed by atoms with Crippen molar-refractivity contribution in [2.45, 2.75) is 82.6 Å². The van der Waals surface area contributed by atoms with Crippen LogP contribution in [-0.2, 0) is 27.1 Å². The summed E-state index contributed by atoms with van der Waals surface area (Å²) >= 11 is 11.8. The number of nitrogens with zero attached hydrogens (tertiary/aromatic N) is 6. The molecule has 0 spiro atoms. The molecule has 2 aliphatic carbocycles. The maximum atomic E-state index is 12.5. The van der Waals surface area contributed by atoms with Crippen LogP contribution in [0.25, 0.3) is 5.57 Å². The van der Waals surface area contributed by atoms with Crippen LogP contribution in [0.5, 0.6) is 11.8 Å². The van der Waals surface area contributed by atoms with Crippen LogP contribution in [0.15, 0.2) is 115 Å². The molecule has 0 amide bonds. The Balaban J connectivity index is 0.000000189. The van der Waals surface area contributed by atoms with Gasteiger partial charge < -0.3 is 23.7 Å². The number of hydrogen-bond acceptors (Lipinski definition) is 13. The van der Waals surface area contributed by atoms with Gasteiger partial charge in [-0.2, -0.15) is 31.6 Å². The van der Waals surface area contributed by atoms with Crippen LogP contribution in [-0.4, -0.2) is 75.2 Å². The van der Waals surface area contributed by atoms with Crippen molar-refractivity contribution in [2.24, 2.45) is 0 Å². The summed E-state index contributed by atoms with van der Waals surface area (Å²) in [5, 5.41) is 18.0. The van der Waals surface area contributed by atoms with Crippen LogP contribution in [0.4, 0.5) is 13.2 Å². The Morgan fingerprint density at radius 3 is 1.58 bits per heavy atom. The first kappa shape index (κ1) is 52.5. The number of aryl methyl sites for hydroxylation is 2. The van der Waals surface area contributed by atoms with Crippen LogP contribution >= 0.6 is 23.2 Å². The summed E-state index contributed by atoms with van der Waals surface area (Å²) in [5.41, 5.74) is 3.09. The molecular formula is C49H50BCl2F3N6O7S. The van der Waals surface area contributed by atoms with Crippen LogP contribution in [0.2, 0.25) is 10.3 Å². The van der Waals surface area contributed by atoms with Crippen LogP contribution in [0.3, 0.4) is 0 Å². The lowest BCUT2D eigenvalue weighted by Crippen LogP contribution is -2.31. The van der Waals surface area contributed by atoms with Crippen molar-refractivity contribution in [1.82, 2.24) is 29.9 Å². The summed E-state index contributed by atoms with van der Waals surface area (Å²) in [5.74, 6) is 2.41. The van der Waals surface area contributed by atoms with E-state index in [1.54, 1.807) is 26.3 Å². The lowest BCUT2D eigenvalue weighted by Gasteiger charge is -2.25. The Kier molecular flexibility index (Phi) is 18.3. The molecule has 4 heterocycles. The molecule has 69 heavy (non-hydrogen) atoms. The molecule has 362 valence electrons. The van der Waals surface area contributed by atoms with Gasteiger partial charge in [-0.1, -0.05) is 102 Å². The average Bonchev–Trinajstić information content (AvgIpc) is 3.33. The van der Waals surface area contributed by atoms with Crippen molar-refractivity contribution in [2.75, 3.05) is 14.2 Å². The summed E-state index contributed by atoms with van der Waals surface area (Å²) in [6.45, 7) is 3.67. The highest BCUT2D eigenvalue weighted by molar-refractivity contribution is 7.87. The van der Waals surface area contributed by atoms with E-state index in [4.69, 9.17) is 47.7 Å². The summed E-state index contributed by atoms with van der Waals surface area (Å²) < 4.78 is 75.5. The maximum Gasteiger partial charge on any atom is 0.534 e. The number of ether oxygens (including phenoxy) is 2. The van der Waals surface area contributed by atoms with E-state index in [2.05, 4.69) is 59.4 Å². The minimum Gasteiger partial charge on any atom is -0.481 e. The summed E-state index contributed by atoms with van der Waals surface area (Å²) in [6, 6.07) is 27.2. The molecule has 20 heteroatoms. The summed E-state index contributed by atoms with van der Waals surface area (Å²) in [4.78, 5) is 26.2. The van der Waals surface area contributed by atoms with E-state index < -0.39 is 22.7 Å². The zero-order valence-corrected chi connectivity index (χ0v) is 40.5. The Morgan fingerprint density at radius 2 is 1.17 bits per heavy atom. The van der Waals surface area contributed by atoms with Crippen molar-refractivity contribution in [3.8, 4) is 11.8 Å². The molecule has 2 aromatic carbocycles.